The number of carbonyl (C=O) groups is 1. The number of aryl methyl sites for hydroxylation is 1. The molecule has 1 aliphatic carbocycles. The van der Waals surface area contributed by atoms with Crippen LogP contribution in [0.15, 0.2) is 24.3 Å². The van der Waals surface area contributed by atoms with E-state index in [9.17, 15) is 4.79 Å². The Kier molecular flexibility index (Phi) is 10.7. The van der Waals surface area contributed by atoms with Crippen LogP contribution >= 0.6 is 0 Å². The van der Waals surface area contributed by atoms with Gasteiger partial charge < -0.3 is 18.9 Å². The van der Waals surface area contributed by atoms with Gasteiger partial charge in [0.05, 0.1) is 31.3 Å². The molecule has 0 aromatic heterocycles. The summed E-state index contributed by atoms with van der Waals surface area (Å²) < 4.78 is 21.6. The summed E-state index contributed by atoms with van der Waals surface area (Å²) >= 11 is 0. The summed E-state index contributed by atoms with van der Waals surface area (Å²) in [6.45, 7) is 11.1. The molecular formula is C25H40O5. The molecule has 1 heterocycles. The Morgan fingerprint density at radius 1 is 1.10 bits per heavy atom. The van der Waals surface area contributed by atoms with Crippen LogP contribution in [0.2, 0.25) is 0 Å². The third-order valence-corrected chi connectivity index (χ3v) is 5.53. The number of epoxide rings is 1. The quantitative estimate of drug-likeness (QED) is 0.215. The van der Waals surface area contributed by atoms with Crippen LogP contribution in [0.1, 0.15) is 72.3 Å². The summed E-state index contributed by atoms with van der Waals surface area (Å²) in [7, 11) is 0. The van der Waals surface area contributed by atoms with Gasteiger partial charge in [0.15, 0.2) is 6.29 Å². The maximum Gasteiger partial charge on any atom is 0.310 e. The fourth-order valence-electron chi connectivity index (χ4n) is 3.40. The van der Waals surface area contributed by atoms with Gasteiger partial charge in [-0.2, -0.15) is 0 Å². The van der Waals surface area contributed by atoms with Gasteiger partial charge in [-0.05, 0) is 62.6 Å². The summed E-state index contributed by atoms with van der Waals surface area (Å²) in [5.74, 6) is 1.40. The molecule has 5 nitrogen and oxygen atoms in total. The Morgan fingerprint density at radius 2 is 1.83 bits per heavy atom. The highest BCUT2D eigenvalue weighted by Crippen LogP contribution is 2.39. The van der Waals surface area contributed by atoms with Crippen molar-refractivity contribution in [1.82, 2.24) is 0 Å². The number of ether oxygens (including phenoxy) is 4. The lowest BCUT2D eigenvalue weighted by atomic mass is 9.90. The standard InChI is InChI=1S/C15H20O2.C10H20O3/c1-2-11-3-6-13(7-4-11)16-10-12-5-8-14-15(9-12)17-14;1-5-6-7-12-9(4)13-10(11)8(2)3/h3-4,6-7,12,14-15H,2,5,8-10H2,1H3;8-9H,5-7H2,1-4H3. The van der Waals surface area contributed by atoms with Crippen LogP contribution < -0.4 is 4.74 Å². The highest BCUT2D eigenvalue weighted by atomic mass is 16.7. The number of hydrogen-bond acceptors (Lipinski definition) is 5. The predicted octanol–water partition coefficient (Wildman–Crippen LogP) is 5.54. The average molecular weight is 421 g/mol. The molecule has 2 fully saturated rings. The zero-order valence-corrected chi connectivity index (χ0v) is 19.4. The fraction of sp³-hybridized carbons (Fsp3) is 0.720. The Bertz CT molecular complexity index is 612. The number of unbranched alkanes of at least 4 members (excludes halogenated alkanes) is 1. The van der Waals surface area contributed by atoms with Crippen LogP contribution in [-0.4, -0.2) is 37.7 Å². The molecule has 0 radical (unpaired) electrons. The van der Waals surface area contributed by atoms with Crippen LogP contribution in [0.5, 0.6) is 5.75 Å². The van der Waals surface area contributed by atoms with E-state index < -0.39 is 6.29 Å². The Hall–Kier alpha value is -1.59. The van der Waals surface area contributed by atoms with Crippen LogP contribution in [0.3, 0.4) is 0 Å². The summed E-state index contributed by atoms with van der Waals surface area (Å²) in [5, 5.41) is 0. The highest BCUT2D eigenvalue weighted by Gasteiger charge is 2.43. The first-order valence-corrected chi connectivity index (χ1v) is 11.6. The molecule has 5 heteroatoms. The van der Waals surface area contributed by atoms with Gasteiger partial charge in [0, 0.05) is 0 Å². The van der Waals surface area contributed by atoms with E-state index in [1.165, 1.54) is 24.8 Å². The van der Waals surface area contributed by atoms with Gasteiger partial charge in [0.25, 0.3) is 0 Å². The predicted molar refractivity (Wildman–Crippen MR) is 119 cm³/mol. The Labute approximate surface area is 182 Å². The minimum absolute atomic E-state index is 0.0859. The first kappa shape index (κ1) is 24.7. The van der Waals surface area contributed by atoms with Crippen molar-refractivity contribution in [2.75, 3.05) is 13.2 Å². The molecule has 4 atom stereocenters. The van der Waals surface area contributed by atoms with Gasteiger partial charge in [0.2, 0.25) is 0 Å². The molecular weight excluding hydrogens is 380 g/mol. The molecule has 170 valence electrons. The third kappa shape index (κ3) is 9.05. The zero-order valence-electron chi connectivity index (χ0n) is 19.4. The molecule has 4 unspecified atom stereocenters. The van der Waals surface area contributed by atoms with Crippen molar-refractivity contribution < 1.29 is 23.7 Å². The van der Waals surface area contributed by atoms with Gasteiger partial charge in [-0.1, -0.05) is 46.2 Å². The molecule has 1 saturated carbocycles. The summed E-state index contributed by atoms with van der Waals surface area (Å²) in [6.07, 6.45) is 7.59. The number of fused-ring (bicyclic) bond motifs is 1. The molecule has 1 aromatic carbocycles. The van der Waals surface area contributed by atoms with Crippen molar-refractivity contribution >= 4 is 5.97 Å². The summed E-state index contributed by atoms with van der Waals surface area (Å²) in [6, 6.07) is 8.46. The van der Waals surface area contributed by atoms with E-state index >= 15 is 0 Å². The second-order valence-corrected chi connectivity index (χ2v) is 8.58. The topological polar surface area (TPSA) is 57.3 Å². The molecule has 1 aliphatic heterocycles. The van der Waals surface area contributed by atoms with Crippen LogP contribution in [0.25, 0.3) is 0 Å². The van der Waals surface area contributed by atoms with E-state index in [-0.39, 0.29) is 11.9 Å². The number of rotatable bonds is 10. The molecule has 1 saturated heterocycles. The normalized spacial score (nSPS) is 23.1. The average Bonchev–Trinajstić information content (AvgIpc) is 3.52. The van der Waals surface area contributed by atoms with Crippen molar-refractivity contribution in [3.63, 3.8) is 0 Å². The lowest BCUT2D eigenvalue weighted by Gasteiger charge is -2.19. The Morgan fingerprint density at radius 3 is 2.43 bits per heavy atom. The molecule has 0 N–H and O–H groups in total. The summed E-state index contributed by atoms with van der Waals surface area (Å²) in [5.41, 5.74) is 1.37. The monoisotopic (exact) mass is 420 g/mol. The van der Waals surface area contributed by atoms with Crippen molar-refractivity contribution in [3.05, 3.63) is 29.8 Å². The van der Waals surface area contributed by atoms with E-state index in [1.54, 1.807) is 20.8 Å². The maximum atomic E-state index is 11.1. The zero-order chi connectivity index (χ0) is 21.9. The van der Waals surface area contributed by atoms with Gasteiger partial charge in [-0.3, -0.25) is 4.79 Å². The molecule has 3 rings (SSSR count). The van der Waals surface area contributed by atoms with Crippen LogP contribution in [0.4, 0.5) is 0 Å². The molecule has 1 aromatic rings. The minimum Gasteiger partial charge on any atom is -0.493 e. The third-order valence-electron chi connectivity index (χ3n) is 5.53. The van der Waals surface area contributed by atoms with Gasteiger partial charge in [0.1, 0.15) is 5.75 Å². The minimum atomic E-state index is -0.415. The number of hydrogen-bond donors (Lipinski definition) is 0. The van der Waals surface area contributed by atoms with Crippen molar-refractivity contribution in [2.24, 2.45) is 11.8 Å². The lowest BCUT2D eigenvalue weighted by molar-refractivity contribution is -0.178. The van der Waals surface area contributed by atoms with Gasteiger partial charge in [-0.15, -0.1) is 0 Å². The van der Waals surface area contributed by atoms with E-state index in [1.807, 2.05) is 0 Å². The second-order valence-electron chi connectivity index (χ2n) is 8.58. The smallest absolute Gasteiger partial charge is 0.310 e. The van der Waals surface area contributed by atoms with E-state index in [0.29, 0.717) is 24.7 Å². The first-order valence-electron chi connectivity index (χ1n) is 11.6. The van der Waals surface area contributed by atoms with Crippen molar-refractivity contribution in [1.29, 1.82) is 0 Å². The molecule has 2 aliphatic rings. The fourth-order valence-corrected chi connectivity index (χ4v) is 3.40. The van der Waals surface area contributed by atoms with Crippen molar-refractivity contribution in [3.8, 4) is 5.75 Å². The maximum absolute atomic E-state index is 11.1. The molecule has 0 amide bonds. The Balaban J connectivity index is 0.000000224. The van der Waals surface area contributed by atoms with E-state index in [4.69, 9.17) is 18.9 Å². The largest absolute Gasteiger partial charge is 0.493 e. The van der Waals surface area contributed by atoms with Crippen molar-refractivity contribution in [2.45, 2.75) is 91.6 Å². The summed E-state index contributed by atoms with van der Waals surface area (Å²) in [4.78, 5) is 11.1. The highest BCUT2D eigenvalue weighted by molar-refractivity contribution is 5.71. The van der Waals surface area contributed by atoms with Crippen LogP contribution in [0, 0.1) is 11.8 Å². The van der Waals surface area contributed by atoms with Crippen LogP contribution in [-0.2, 0) is 25.4 Å². The molecule has 0 bridgehead atoms. The van der Waals surface area contributed by atoms with Gasteiger partial charge >= 0.3 is 5.97 Å². The van der Waals surface area contributed by atoms with E-state index in [0.717, 1.165) is 31.6 Å². The van der Waals surface area contributed by atoms with E-state index in [2.05, 4.69) is 38.1 Å². The number of esters is 1. The van der Waals surface area contributed by atoms with Gasteiger partial charge in [-0.25, -0.2) is 0 Å². The number of benzene rings is 1. The molecule has 0 spiro atoms. The second kappa shape index (κ2) is 13.0. The molecule has 30 heavy (non-hydrogen) atoms. The number of carbonyl (C=O) groups excluding carboxylic acids is 1. The lowest BCUT2D eigenvalue weighted by Crippen LogP contribution is -2.21. The SMILES string of the molecule is CCCCOC(C)OC(=O)C(C)C.CCc1ccc(OCC2CCC3OC3C2)cc1. The first-order chi connectivity index (χ1) is 14.4.